The molecule has 2 fully saturated rings. The summed E-state index contributed by atoms with van der Waals surface area (Å²) in [5.41, 5.74) is 4.45. The lowest BCUT2D eigenvalue weighted by Gasteiger charge is -2.28. The zero-order valence-corrected chi connectivity index (χ0v) is 13.0. The van der Waals surface area contributed by atoms with Gasteiger partial charge in [-0.3, -0.25) is 0 Å². The van der Waals surface area contributed by atoms with E-state index in [0.29, 0.717) is 5.92 Å². The third-order valence-corrected chi connectivity index (χ3v) is 6.17. The quantitative estimate of drug-likeness (QED) is 0.903. The van der Waals surface area contributed by atoms with Crippen molar-refractivity contribution < 1.29 is 0 Å². The molecule has 0 aliphatic heterocycles. The Bertz CT molecular complexity index is 682. The average Bonchev–Trinajstić information content (AvgIpc) is 3.38. The van der Waals surface area contributed by atoms with E-state index in [2.05, 4.69) is 29.6 Å². The average molecular weight is 296 g/mol. The van der Waals surface area contributed by atoms with Gasteiger partial charge >= 0.3 is 0 Å². The van der Waals surface area contributed by atoms with Crippen LogP contribution >= 0.6 is 11.3 Å². The number of thiazole rings is 1. The van der Waals surface area contributed by atoms with Crippen molar-refractivity contribution in [1.82, 2.24) is 10.3 Å². The second-order valence-corrected chi connectivity index (χ2v) is 7.86. The lowest BCUT2D eigenvalue weighted by molar-refractivity contribution is 0.685. The smallest absolute Gasteiger partial charge is 0.101 e. The van der Waals surface area contributed by atoms with Crippen LogP contribution < -0.4 is 5.32 Å². The number of aromatic nitrogens is 1. The van der Waals surface area contributed by atoms with Gasteiger partial charge in [-0.05, 0) is 43.2 Å². The molecule has 2 nitrogen and oxygen atoms in total. The van der Waals surface area contributed by atoms with E-state index < -0.39 is 0 Å². The fourth-order valence-corrected chi connectivity index (χ4v) is 4.56. The molecule has 0 radical (unpaired) electrons. The molecule has 1 aromatic heterocycles. The van der Waals surface area contributed by atoms with Gasteiger partial charge < -0.3 is 5.32 Å². The summed E-state index contributed by atoms with van der Waals surface area (Å²) in [6.07, 6.45) is 6.60. The highest BCUT2D eigenvalue weighted by Gasteiger charge is 2.34. The maximum Gasteiger partial charge on any atom is 0.101 e. The zero-order valence-electron chi connectivity index (χ0n) is 12.1. The molecular formula is C18H20N2S. The predicted molar refractivity (Wildman–Crippen MR) is 85.9 cm³/mol. The molecule has 3 heteroatoms. The van der Waals surface area contributed by atoms with Gasteiger partial charge in [0, 0.05) is 29.3 Å². The lowest BCUT2D eigenvalue weighted by atomic mass is 9.78. The van der Waals surface area contributed by atoms with Crippen LogP contribution in [0.1, 0.15) is 64.2 Å². The first kappa shape index (κ1) is 12.4. The summed E-state index contributed by atoms with van der Waals surface area (Å²) >= 11 is 1.97. The van der Waals surface area contributed by atoms with Crippen LogP contribution in [0, 0.1) is 0 Å². The molecule has 0 amide bonds. The molecule has 0 saturated heterocycles. The van der Waals surface area contributed by atoms with Crippen LogP contribution in [0.4, 0.5) is 0 Å². The number of hydrogen-bond donors (Lipinski definition) is 1. The van der Waals surface area contributed by atoms with Crippen molar-refractivity contribution in [2.75, 3.05) is 0 Å². The Kier molecular flexibility index (Phi) is 2.74. The van der Waals surface area contributed by atoms with Crippen LogP contribution in [0.5, 0.6) is 0 Å². The topological polar surface area (TPSA) is 24.9 Å². The van der Waals surface area contributed by atoms with Gasteiger partial charge in [-0.25, -0.2) is 4.98 Å². The van der Waals surface area contributed by atoms with Gasteiger partial charge in [-0.1, -0.05) is 24.3 Å². The highest BCUT2D eigenvalue weighted by Crippen LogP contribution is 2.47. The van der Waals surface area contributed by atoms with E-state index >= 15 is 0 Å². The van der Waals surface area contributed by atoms with E-state index in [0.717, 1.165) is 18.5 Å². The first-order valence-corrected chi connectivity index (χ1v) is 9.01. The Morgan fingerprint density at radius 1 is 1.14 bits per heavy atom. The molecule has 2 saturated carbocycles. The standard InChI is InChI=1S/C18H20N2S/c1-2-4-14-12(3-1)9-15(14)18-20-17(11-5-6-11)16(21-18)10-19-13-7-8-13/h1-4,11,13,15,19H,5-10H2. The van der Waals surface area contributed by atoms with Crippen molar-refractivity contribution in [3.63, 3.8) is 0 Å². The summed E-state index contributed by atoms with van der Waals surface area (Å²) in [7, 11) is 0. The minimum atomic E-state index is 0.568. The van der Waals surface area contributed by atoms with Crippen LogP contribution in [0.15, 0.2) is 24.3 Å². The number of benzene rings is 1. The summed E-state index contributed by atoms with van der Waals surface area (Å²) in [5, 5.41) is 5.04. The second kappa shape index (κ2) is 4.65. The van der Waals surface area contributed by atoms with Crippen molar-refractivity contribution >= 4 is 11.3 Å². The maximum absolute atomic E-state index is 5.07. The fraction of sp³-hybridized carbons (Fsp3) is 0.500. The number of rotatable bonds is 5. The van der Waals surface area contributed by atoms with Crippen molar-refractivity contribution in [2.24, 2.45) is 0 Å². The SMILES string of the molecule is c1ccc2c(c1)CC2c1nc(C2CC2)c(CNC2CC2)s1. The molecule has 0 bridgehead atoms. The molecule has 21 heavy (non-hydrogen) atoms. The van der Waals surface area contributed by atoms with Gasteiger partial charge in [-0.15, -0.1) is 11.3 Å². The van der Waals surface area contributed by atoms with E-state index in [4.69, 9.17) is 4.98 Å². The molecule has 5 rings (SSSR count). The number of nitrogens with zero attached hydrogens (tertiary/aromatic N) is 1. The Morgan fingerprint density at radius 3 is 2.76 bits per heavy atom. The summed E-state index contributed by atoms with van der Waals surface area (Å²) in [5.74, 6) is 1.33. The summed E-state index contributed by atoms with van der Waals surface area (Å²) < 4.78 is 0. The van der Waals surface area contributed by atoms with Gasteiger partial charge in [0.25, 0.3) is 0 Å². The molecule has 3 aliphatic carbocycles. The van der Waals surface area contributed by atoms with E-state index in [1.54, 1.807) is 0 Å². The predicted octanol–water partition coefficient (Wildman–Crippen LogP) is 3.96. The normalized spacial score (nSPS) is 23.7. The Labute approximate surface area is 129 Å². The van der Waals surface area contributed by atoms with E-state index in [9.17, 15) is 0 Å². The van der Waals surface area contributed by atoms with Gasteiger partial charge in [0.05, 0.1) is 5.69 Å². The first-order valence-electron chi connectivity index (χ1n) is 8.19. The maximum atomic E-state index is 5.07. The van der Waals surface area contributed by atoms with Gasteiger partial charge in [0.1, 0.15) is 5.01 Å². The third-order valence-electron chi connectivity index (χ3n) is 4.99. The monoisotopic (exact) mass is 296 g/mol. The summed E-state index contributed by atoms with van der Waals surface area (Å²) in [6, 6.07) is 9.64. The number of hydrogen-bond acceptors (Lipinski definition) is 3. The van der Waals surface area contributed by atoms with Gasteiger partial charge in [0.2, 0.25) is 0 Å². The van der Waals surface area contributed by atoms with E-state index in [-0.39, 0.29) is 0 Å². The summed E-state index contributed by atoms with van der Waals surface area (Å²) in [4.78, 5) is 6.59. The molecule has 1 heterocycles. The molecule has 0 spiro atoms. The van der Waals surface area contributed by atoms with Crippen LogP contribution in [0.25, 0.3) is 0 Å². The highest BCUT2D eigenvalue weighted by molar-refractivity contribution is 7.11. The van der Waals surface area contributed by atoms with Crippen molar-refractivity contribution in [3.8, 4) is 0 Å². The molecule has 1 atom stereocenters. The van der Waals surface area contributed by atoms with Gasteiger partial charge in [0.15, 0.2) is 0 Å². The van der Waals surface area contributed by atoms with Gasteiger partial charge in [-0.2, -0.15) is 0 Å². The largest absolute Gasteiger partial charge is 0.309 e. The minimum Gasteiger partial charge on any atom is -0.309 e. The zero-order chi connectivity index (χ0) is 13.8. The van der Waals surface area contributed by atoms with Crippen LogP contribution in [0.2, 0.25) is 0 Å². The highest BCUT2D eigenvalue weighted by atomic mass is 32.1. The minimum absolute atomic E-state index is 0.568. The molecule has 1 unspecified atom stereocenters. The lowest BCUT2D eigenvalue weighted by Crippen LogP contribution is -2.17. The van der Waals surface area contributed by atoms with Crippen LogP contribution in [-0.2, 0) is 13.0 Å². The second-order valence-electron chi connectivity index (χ2n) is 6.75. The van der Waals surface area contributed by atoms with Crippen LogP contribution in [-0.4, -0.2) is 11.0 Å². The molecule has 3 aliphatic rings. The summed E-state index contributed by atoms with van der Waals surface area (Å²) in [6.45, 7) is 1.04. The number of fused-ring (bicyclic) bond motifs is 1. The fourth-order valence-electron chi connectivity index (χ4n) is 3.34. The first-order chi connectivity index (χ1) is 10.4. The van der Waals surface area contributed by atoms with Crippen molar-refractivity contribution in [1.29, 1.82) is 0 Å². The molecule has 108 valence electrons. The van der Waals surface area contributed by atoms with Crippen LogP contribution in [0.3, 0.4) is 0 Å². The Hall–Kier alpha value is -1.19. The molecule has 2 aromatic rings. The molecule has 1 aromatic carbocycles. The third kappa shape index (κ3) is 2.23. The van der Waals surface area contributed by atoms with Crippen molar-refractivity contribution in [3.05, 3.63) is 51.0 Å². The number of nitrogens with one attached hydrogen (secondary N) is 1. The Balaban J connectivity index is 1.43. The van der Waals surface area contributed by atoms with E-state index in [1.165, 1.54) is 58.8 Å². The molecular weight excluding hydrogens is 276 g/mol. The van der Waals surface area contributed by atoms with Crippen molar-refractivity contribution in [2.45, 2.75) is 56.5 Å². The molecule has 1 N–H and O–H groups in total. The Morgan fingerprint density at radius 2 is 2.00 bits per heavy atom. The van der Waals surface area contributed by atoms with E-state index in [1.807, 2.05) is 11.3 Å².